The lowest BCUT2D eigenvalue weighted by Gasteiger charge is -2.41. The highest BCUT2D eigenvalue weighted by molar-refractivity contribution is 5.90. The Morgan fingerprint density at radius 3 is 2.34 bits per heavy atom. The molecule has 0 bridgehead atoms. The zero-order valence-electron chi connectivity index (χ0n) is 19.6. The number of aliphatic imine (C=N–C) groups is 1. The molecule has 1 aliphatic rings. The largest absolute Gasteiger partial charge is 0.497 e. The standard InChI is InChI=1S/C28H30N2O2/c1-19-14-27-26(20(2)17-28(3,4)30(27)5)15-21(19)18-29-22-10-12-23(13-11-22)32-25-9-7-8-24(16-25)31-6/h7-18H,1-6H3. The van der Waals surface area contributed by atoms with Crippen LogP contribution in [0, 0.1) is 6.92 Å². The van der Waals surface area contributed by atoms with Crippen molar-refractivity contribution in [3.8, 4) is 17.2 Å². The van der Waals surface area contributed by atoms with E-state index in [2.05, 4.69) is 57.9 Å². The maximum Gasteiger partial charge on any atom is 0.131 e. The summed E-state index contributed by atoms with van der Waals surface area (Å²) in [4.78, 5) is 7.04. The summed E-state index contributed by atoms with van der Waals surface area (Å²) < 4.78 is 11.2. The van der Waals surface area contributed by atoms with Crippen molar-refractivity contribution in [2.75, 3.05) is 19.1 Å². The summed E-state index contributed by atoms with van der Waals surface area (Å²) in [7, 11) is 3.80. The SMILES string of the molecule is COc1cccc(Oc2ccc(N=Cc3cc4c(cc3C)N(C)C(C)(C)C=C4C)cc2)c1. The number of aryl methyl sites for hydroxylation is 1. The van der Waals surface area contributed by atoms with Gasteiger partial charge < -0.3 is 14.4 Å². The van der Waals surface area contributed by atoms with Gasteiger partial charge in [-0.25, -0.2) is 0 Å². The predicted molar refractivity (Wildman–Crippen MR) is 134 cm³/mol. The molecule has 0 spiro atoms. The predicted octanol–water partition coefficient (Wildman–Crippen LogP) is 7.18. The van der Waals surface area contributed by atoms with Crippen LogP contribution in [0.3, 0.4) is 0 Å². The smallest absolute Gasteiger partial charge is 0.131 e. The molecular formula is C28H30N2O2. The Bertz CT molecular complexity index is 1190. The minimum absolute atomic E-state index is 0.00777. The molecule has 4 heteroatoms. The van der Waals surface area contributed by atoms with Crippen LogP contribution in [-0.2, 0) is 0 Å². The molecule has 32 heavy (non-hydrogen) atoms. The van der Waals surface area contributed by atoms with Gasteiger partial charge in [0.15, 0.2) is 0 Å². The first-order valence-electron chi connectivity index (χ1n) is 10.8. The van der Waals surface area contributed by atoms with Crippen molar-refractivity contribution in [1.29, 1.82) is 0 Å². The summed E-state index contributed by atoms with van der Waals surface area (Å²) in [5, 5.41) is 0. The van der Waals surface area contributed by atoms with Gasteiger partial charge in [0.05, 0.1) is 18.3 Å². The molecule has 0 atom stereocenters. The molecule has 164 valence electrons. The van der Waals surface area contributed by atoms with Gasteiger partial charge in [-0.2, -0.15) is 0 Å². The van der Waals surface area contributed by atoms with E-state index in [9.17, 15) is 0 Å². The number of likely N-dealkylation sites (N-methyl/N-ethyl adjacent to an activating group) is 1. The van der Waals surface area contributed by atoms with E-state index in [4.69, 9.17) is 14.5 Å². The maximum atomic E-state index is 5.92. The highest BCUT2D eigenvalue weighted by Gasteiger charge is 2.28. The average Bonchev–Trinajstić information content (AvgIpc) is 2.77. The van der Waals surface area contributed by atoms with E-state index >= 15 is 0 Å². The molecule has 1 aliphatic heterocycles. The van der Waals surface area contributed by atoms with Crippen molar-refractivity contribution >= 4 is 23.2 Å². The second-order valence-electron chi connectivity index (χ2n) is 8.80. The van der Waals surface area contributed by atoms with Crippen LogP contribution in [-0.4, -0.2) is 25.9 Å². The van der Waals surface area contributed by atoms with Gasteiger partial charge in [0, 0.05) is 30.6 Å². The normalized spacial score (nSPS) is 14.8. The van der Waals surface area contributed by atoms with E-state index in [1.807, 2.05) is 54.7 Å². The van der Waals surface area contributed by atoms with E-state index in [1.54, 1.807) is 7.11 Å². The van der Waals surface area contributed by atoms with Gasteiger partial charge in [-0.1, -0.05) is 12.1 Å². The van der Waals surface area contributed by atoms with Crippen molar-refractivity contribution in [3.63, 3.8) is 0 Å². The molecule has 4 rings (SSSR count). The molecule has 4 nitrogen and oxygen atoms in total. The van der Waals surface area contributed by atoms with Crippen LogP contribution in [0.4, 0.5) is 11.4 Å². The molecular weight excluding hydrogens is 396 g/mol. The molecule has 0 radical (unpaired) electrons. The second-order valence-corrected chi connectivity index (χ2v) is 8.80. The minimum Gasteiger partial charge on any atom is -0.497 e. The van der Waals surface area contributed by atoms with Gasteiger partial charge >= 0.3 is 0 Å². The van der Waals surface area contributed by atoms with Gasteiger partial charge in [-0.05, 0) is 92.9 Å². The van der Waals surface area contributed by atoms with Gasteiger partial charge in [0.2, 0.25) is 0 Å². The van der Waals surface area contributed by atoms with Crippen LogP contribution in [0.1, 0.15) is 37.5 Å². The Hall–Kier alpha value is -3.53. The quantitative estimate of drug-likeness (QED) is 0.405. The lowest BCUT2D eigenvalue weighted by Crippen LogP contribution is -2.42. The number of ether oxygens (including phenoxy) is 2. The molecule has 0 aliphatic carbocycles. The number of methoxy groups -OCH3 is 1. The molecule has 0 N–H and O–H groups in total. The third kappa shape index (κ3) is 4.40. The Labute approximate surface area is 190 Å². The Morgan fingerprint density at radius 1 is 0.906 bits per heavy atom. The molecule has 0 amide bonds. The fraction of sp³-hybridized carbons (Fsp3) is 0.250. The third-order valence-corrected chi connectivity index (χ3v) is 6.07. The monoisotopic (exact) mass is 426 g/mol. The number of anilines is 1. The fourth-order valence-corrected chi connectivity index (χ4v) is 4.00. The molecule has 1 heterocycles. The van der Waals surface area contributed by atoms with Crippen molar-refractivity contribution in [1.82, 2.24) is 0 Å². The zero-order chi connectivity index (χ0) is 22.9. The molecule has 0 saturated heterocycles. The Balaban J connectivity index is 1.53. The fourth-order valence-electron chi connectivity index (χ4n) is 4.00. The molecule has 3 aromatic rings. The van der Waals surface area contributed by atoms with E-state index in [0.29, 0.717) is 0 Å². The number of rotatable bonds is 5. The second kappa shape index (κ2) is 8.54. The summed E-state index contributed by atoms with van der Waals surface area (Å²) in [5.74, 6) is 2.26. The van der Waals surface area contributed by atoms with Crippen molar-refractivity contribution in [3.05, 3.63) is 83.4 Å². The van der Waals surface area contributed by atoms with E-state index in [-0.39, 0.29) is 5.54 Å². The van der Waals surface area contributed by atoms with Crippen LogP contribution in [0.25, 0.3) is 5.57 Å². The molecule has 0 unspecified atom stereocenters. The Morgan fingerprint density at radius 2 is 1.62 bits per heavy atom. The minimum atomic E-state index is 0.00777. The van der Waals surface area contributed by atoms with Gasteiger partial charge in [-0.15, -0.1) is 0 Å². The lowest BCUT2D eigenvalue weighted by molar-refractivity contribution is 0.409. The summed E-state index contributed by atoms with van der Waals surface area (Å²) in [6.45, 7) is 8.81. The molecule has 3 aromatic carbocycles. The number of nitrogens with zero attached hydrogens (tertiary/aromatic N) is 2. The van der Waals surface area contributed by atoms with E-state index < -0.39 is 0 Å². The summed E-state index contributed by atoms with van der Waals surface area (Å²) in [6.07, 6.45) is 4.27. The van der Waals surface area contributed by atoms with Crippen LogP contribution < -0.4 is 14.4 Å². The Kier molecular flexibility index (Phi) is 5.79. The van der Waals surface area contributed by atoms with Crippen molar-refractivity contribution in [2.45, 2.75) is 33.2 Å². The van der Waals surface area contributed by atoms with Gasteiger partial charge in [0.1, 0.15) is 17.2 Å². The topological polar surface area (TPSA) is 34.1 Å². The molecule has 0 fully saturated rings. The number of hydrogen-bond acceptors (Lipinski definition) is 4. The highest BCUT2D eigenvalue weighted by atomic mass is 16.5. The first kappa shape index (κ1) is 21.7. The van der Waals surface area contributed by atoms with Crippen LogP contribution in [0.15, 0.2) is 71.7 Å². The first-order valence-corrected chi connectivity index (χ1v) is 10.8. The van der Waals surface area contributed by atoms with Crippen LogP contribution in [0.2, 0.25) is 0 Å². The van der Waals surface area contributed by atoms with Gasteiger partial charge in [-0.3, -0.25) is 4.99 Å². The molecule has 0 aromatic heterocycles. The summed E-state index contributed by atoms with van der Waals surface area (Å²) >= 11 is 0. The van der Waals surface area contributed by atoms with E-state index in [0.717, 1.165) is 28.5 Å². The maximum absolute atomic E-state index is 5.92. The summed E-state index contributed by atoms with van der Waals surface area (Å²) in [6, 6.07) is 19.8. The van der Waals surface area contributed by atoms with Crippen molar-refractivity contribution < 1.29 is 9.47 Å². The average molecular weight is 427 g/mol. The van der Waals surface area contributed by atoms with Crippen LogP contribution >= 0.6 is 0 Å². The van der Waals surface area contributed by atoms with Crippen molar-refractivity contribution in [2.24, 2.45) is 4.99 Å². The van der Waals surface area contributed by atoms with Crippen LogP contribution in [0.5, 0.6) is 17.2 Å². The lowest BCUT2D eigenvalue weighted by atomic mass is 9.87. The number of fused-ring (bicyclic) bond motifs is 1. The summed E-state index contributed by atoms with van der Waals surface area (Å²) in [5.41, 5.74) is 7.06. The number of benzene rings is 3. The third-order valence-electron chi connectivity index (χ3n) is 6.07. The molecule has 0 saturated carbocycles. The zero-order valence-corrected chi connectivity index (χ0v) is 19.6. The number of allylic oxidation sites excluding steroid dienone is 1. The van der Waals surface area contributed by atoms with E-state index in [1.165, 1.54) is 22.4 Å². The van der Waals surface area contributed by atoms with Gasteiger partial charge in [0.25, 0.3) is 0 Å². The number of hydrogen-bond donors (Lipinski definition) is 0. The highest BCUT2D eigenvalue weighted by Crippen LogP contribution is 2.39. The first-order chi connectivity index (χ1) is 15.3.